The third kappa shape index (κ3) is 10.6. The zero-order valence-corrected chi connectivity index (χ0v) is 11.2. The molecule has 1 amide bonds. The number of halogens is 4. The molecule has 0 fully saturated rings. The van der Waals surface area contributed by atoms with Crippen LogP contribution in [0.2, 0.25) is 0 Å². The number of carbonyl (C=O) groups is 1. The van der Waals surface area contributed by atoms with Crippen molar-refractivity contribution in [2.75, 3.05) is 18.5 Å². The molecule has 0 saturated carbocycles. The predicted octanol–water partition coefficient (Wildman–Crippen LogP) is 2.64. The number of alkyl halides is 4. The number of carbonyl (C=O) groups excluding carboxylic acids is 1. The van der Waals surface area contributed by atoms with Crippen molar-refractivity contribution in [3.8, 4) is 0 Å². The first-order chi connectivity index (χ1) is 7.89. The molecular weight excluding hydrogens is 303 g/mol. The average Bonchev–Trinajstić information content (AvgIpc) is 2.22. The Hall–Kier alpha value is -0.300. The molecule has 1 unspecified atom stereocenters. The minimum absolute atomic E-state index is 0.0468. The molecular formula is C10H17BrF3NO2. The molecule has 0 aliphatic heterocycles. The van der Waals surface area contributed by atoms with Gasteiger partial charge >= 0.3 is 6.18 Å². The Bertz CT molecular complexity index is 224. The van der Waals surface area contributed by atoms with Gasteiger partial charge in [-0.25, -0.2) is 0 Å². The molecule has 0 aromatic carbocycles. The summed E-state index contributed by atoms with van der Waals surface area (Å²) >= 11 is 3.27. The molecule has 0 heterocycles. The van der Waals surface area contributed by atoms with Crippen LogP contribution in [0.5, 0.6) is 0 Å². The van der Waals surface area contributed by atoms with Crippen molar-refractivity contribution >= 4 is 21.8 Å². The van der Waals surface area contributed by atoms with E-state index in [0.29, 0.717) is 0 Å². The van der Waals surface area contributed by atoms with Crippen LogP contribution in [0.3, 0.4) is 0 Å². The van der Waals surface area contributed by atoms with Crippen LogP contribution in [-0.2, 0) is 9.53 Å². The number of amides is 1. The van der Waals surface area contributed by atoms with Crippen LogP contribution in [0.25, 0.3) is 0 Å². The monoisotopic (exact) mass is 319 g/mol. The van der Waals surface area contributed by atoms with Crippen molar-refractivity contribution in [2.45, 2.75) is 38.4 Å². The van der Waals surface area contributed by atoms with Crippen molar-refractivity contribution < 1.29 is 22.7 Å². The minimum atomic E-state index is -4.33. The molecule has 0 rings (SSSR count). The largest absolute Gasteiger partial charge is 0.411 e. The maximum atomic E-state index is 11.7. The number of nitrogens with one attached hydrogen (secondary N) is 1. The summed E-state index contributed by atoms with van der Waals surface area (Å²) in [5.41, 5.74) is 0. The summed E-state index contributed by atoms with van der Waals surface area (Å²) in [6, 6.07) is 0.0597. The van der Waals surface area contributed by atoms with E-state index in [2.05, 4.69) is 26.0 Å². The molecule has 102 valence electrons. The lowest BCUT2D eigenvalue weighted by Crippen LogP contribution is -2.35. The molecule has 0 spiro atoms. The van der Waals surface area contributed by atoms with Gasteiger partial charge in [0.25, 0.3) is 0 Å². The molecule has 0 radical (unpaired) electrons. The highest BCUT2D eigenvalue weighted by molar-refractivity contribution is 9.09. The highest BCUT2D eigenvalue weighted by Crippen LogP contribution is 2.14. The first-order valence-corrected chi connectivity index (χ1v) is 6.51. The van der Waals surface area contributed by atoms with Gasteiger partial charge in [0.2, 0.25) is 5.91 Å². The highest BCUT2D eigenvalue weighted by Gasteiger charge is 2.27. The summed E-state index contributed by atoms with van der Waals surface area (Å²) in [6.45, 7) is 0.419. The summed E-state index contributed by atoms with van der Waals surface area (Å²) in [5.74, 6) is -0.278. The zero-order chi connectivity index (χ0) is 13.3. The fourth-order valence-electron chi connectivity index (χ4n) is 1.16. The van der Waals surface area contributed by atoms with Gasteiger partial charge < -0.3 is 10.1 Å². The quantitative estimate of drug-likeness (QED) is 0.551. The van der Waals surface area contributed by atoms with Crippen LogP contribution >= 0.6 is 15.9 Å². The Balaban J connectivity index is 3.65. The van der Waals surface area contributed by atoms with Crippen LogP contribution < -0.4 is 5.32 Å². The second-order valence-corrected chi connectivity index (χ2v) is 4.36. The minimum Gasteiger partial charge on any atom is -0.372 e. The van der Waals surface area contributed by atoms with Crippen LogP contribution in [-0.4, -0.2) is 36.7 Å². The van der Waals surface area contributed by atoms with Crippen molar-refractivity contribution in [1.29, 1.82) is 0 Å². The molecule has 0 saturated heterocycles. The fraction of sp³-hybridized carbons (Fsp3) is 0.900. The molecule has 0 bridgehead atoms. The average molecular weight is 320 g/mol. The molecule has 17 heavy (non-hydrogen) atoms. The third-order valence-electron chi connectivity index (χ3n) is 2.05. The normalized spacial score (nSPS) is 13.5. The van der Waals surface area contributed by atoms with E-state index in [1.807, 2.05) is 6.92 Å². The summed E-state index contributed by atoms with van der Waals surface area (Å²) in [7, 11) is 0. The lowest BCUT2D eigenvalue weighted by molar-refractivity contribution is -0.174. The Morgan fingerprint density at radius 3 is 2.59 bits per heavy atom. The molecule has 0 aliphatic rings. The maximum Gasteiger partial charge on any atom is 0.411 e. The van der Waals surface area contributed by atoms with Crippen LogP contribution in [0, 0.1) is 0 Å². The Labute approximate surface area is 107 Å². The lowest BCUT2D eigenvalue weighted by atomic mass is 10.1. The van der Waals surface area contributed by atoms with Crippen molar-refractivity contribution in [1.82, 2.24) is 5.32 Å². The fourth-order valence-corrected chi connectivity index (χ4v) is 1.72. The second kappa shape index (κ2) is 8.74. The Morgan fingerprint density at radius 2 is 2.12 bits per heavy atom. The van der Waals surface area contributed by atoms with Crippen LogP contribution in [0.4, 0.5) is 13.2 Å². The molecule has 0 aliphatic carbocycles. The van der Waals surface area contributed by atoms with E-state index in [0.717, 1.165) is 18.2 Å². The van der Waals surface area contributed by atoms with E-state index in [1.54, 1.807) is 0 Å². The topological polar surface area (TPSA) is 38.3 Å². The molecule has 3 nitrogen and oxygen atoms in total. The van der Waals surface area contributed by atoms with Gasteiger partial charge in [-0.2, -0.15) is 13.2 Å². The highest BCUT2D eigenvalue weighted by atomic mass is 79.9. The summed E-state index contributed by atoms with van der Waals surface area (Å²) in [4.78, 5) is 11.3. The number of rotatable bonds is 8. The summed E-state index contributed by atoms with van der Waals surface area (Å²) in [6.07, 6.45) is -2.79. The van der Waals surface area contributed by atoms with Crippen LogP contribution in [0.15, 0.2) is 0 Å². The number of hydrogen-bond donors (Lipinski definition) is 1. The van der Waals surface area contributed by atoms with Gasteiger partial charge in [-0.05, 0) is 12.8 Å². The van der Waals surface area contributed by atoms with Gasteiger partial charge in [-0.1, -0.05) is 22.9 Å². The SMILES string of the molecule is CCC(CCBr)NC(=O)CCOCC(F)(F)F. The summed E-state index contributed by atoms with van der Waals surface area (Å²) < 4.78 is 39.5. The molecule has 1 atom stereocenters. The first-order valence-electron chi connectivity index (χ1n) is 5.39. The standard InChI is InChI=1S/C10H17BrF3NO2/c1-2-8(3-5-11)15-9(16)4-6-17-7-10(12,13)14/h8H,2-7H2,1H3,(H,15,16). The van der Waals surface area contributed by atoms with Gasteiger partial charge in [0.1, 0.15) is 6.61 Å². The number of hydrogen-bond acceptors (Lipinski definition) is 2. The second-order valence-electron chi connectivity index (χ2n) is 3.57. The smallest absolute Gasteiger partial charge is 0.372 e. The molecule has 0 aromatic heterocycles. The van der Waals surface area contributed by atoms with Gasteiger partial charge in [0.15, 0.2) is 0 Å². The van der Waals surface area contributed by atoms with Crippen molar-refractivity contribution in [3.63, 3.8) is 0 Å². The van der Waals surface area contributed by atoms with Crippen molar-refractivity contribution in [2.24, 2.45) is 0 Å². The van der Waals surface area contributed by atoms with Gasteiger partial charge in [0.05, 0.1) is 6.61 Å². The van der Waals surface area contributed by atoms with E-state index < -0.39 is 12.8 Å². The van der Waals surface area contributed by atoms with E-state index in [1.165, 1.54) is 0 Å². The molecule has 7 heteroatoms. The first kappa shape index (κ1) is 16.7. The maximum absolute atomic E-state index is 11.7. The van der Waals surface area contributed by atoms with Crippen molar-refractivity contribution in [3.05, 3.63) is 0 Å². The lowest BCUT2D eigenvalue weighted by Gasteiger charge is -2.15. The number of ether oxygens (including phenoxy) is 1. The molecule has 0 aromatic rings. The third-order valence-corrected chi connectivity index (χ3v) is 2.51. The van der Waals surface area contributed by atoms with Crippen LogP contribution in [0.1, 0.15) is 26.2 Å². The van der Waals surface area contributed by atoms with E-state index >= 15 is 0 Å². The van der Waals surface area contributed by atoms with E-state index in [9.17, 15) is 18.0 Å². The van der Waals surface area contributed by atoms with Gasteiger partial charge in [0, 0.05) is 17.8 Å². The zero-order valence-electron chi connectivity index (χ0n) is 9.65. The van der Waals surface area contributed by atoms with Gasteiger partial charge in [-0.15, -0.1) is 0 Å². The predicted molar refractivity (Wildman–Crippen MR) is 62.1 cm³/mol. The Kier molecular flexibility index (Phi) is 8.59. The van der Waals surface area contributed by atoms with Gasteiger partial charge in [-0.3, -0.25) is 4.79 Å². The van der Waals surface area contributed by atoms with E-state index in [-0.39, 0.29) is 25.0 Å². The summed E-state index contributed by atoms with van der Waals surface area (Å²) in [5, 5.41) is 3.51. The Morgan fingerprint density at radius 1 is 1.47 bits per heavy atom. The van der Waals surface area contributed by atoms with E-state index in [4.69, 9.17) is 0 Å². The molecule has 1 N–H and O–H groups in total.